The third kappa shape index (κ3) is 2.47. The number of benzene rings is 1. The molecule has 0 amide bonds. The molecule has 2 fully saturated rings. The Balaban J connectivity index is 1.45. The van der Waals surface area contributed by atoms with Crippen molar-refractivity contribution in [3.63, 3.8) is 0 Å². The Labute approximate surface area is 126 Å². The third-order valence-corrected chi connectivity index (χ3v) is 5.58. The first-order chi connectivity index (χ1) is 10.3. The van der Waals surface area contributed by atoms with Crippen LogP contribution in [-0.4, -0.2) is 29.5 Å². The van der Waals surface area contributed by atoms with Crippen LogP contribution >= 0.6 is 0 Å². The Morgan fingerprint density at radius 2 is 2.00 bits per heavy atom. The molecule has 0 radical (unpaired) electrons. The number of ether oxygens (including phenoxy) is 2. The summed E-state index contributed by atoms with van der Waals surface area (Å²) >= 11 is 0. The molecule has 3 aliphatic rings. The summed E-state index contributed by atoms with van der Waals surface area (Å²) in [6.07, 6.45) is 7.22. The Kier molecular flexibility index (Phi) is 3.43. The lowest BCUT2D eigenvalue weighted by Gasteiger charge is -2.41. The van der Waals surface area contributed by atoms with Crippen molar-refractivity contribution >= 4 is 0 Å². The van der Waals surface area contributed by atoms with E-state index in [0.29, 0.717) is 5.92 Å². The van der Waals surface area contributed by atoms with Gasteiger partial charge in [0.25, 0.3) is 0 Å². The zero-order valence-corrected chi connectivity index (χ0v) is 12.5. The molecule has 3 atom stereocenters. The van der Waals surface area contributed by atoms with E-state index in [2.05, 4.69) is 6.07 Å². The van der Waals surface area contributed by atoms with Crippen molar-refractivity contribution < 1.29 is 14.6 Å². The van der Waals surface area contributed by atoms with E-state index >= 15 is 0 Å². The van der Waals surface area contributed by atoms with Gasteiger partial charge in [0.15, 0.2) is 0 Å². The fourth-order valence-corrected chi connectivity index (χ4v) is 4.43. The van der Waals surface area contributed by atoms with Crippen LogP contribution in [0.3, 0.4) is 0 Å². The Morgan fingerprint density at radius 1 is 1.19 bits per heavy atom. The number of fused-ring (bicyclic) bond motifs is 1. The van der Waals surface area contributed by atoms with Crippen molar-refractivity contribution in [3.05, 3.63) is 29.8 Å². The normalized spacial score (nSPS) is 31.9. The van der Waals surface area contributed by atoms with Crippen LogP contribution in [0.4, 0.5) is 0 Å². The van der Waals surface area contributed by atoms with Gasteiger partial charge in [0.1, 0.15) is 11.9 Å². The van der Waals surface area contributed by atoms with Crippen molar-refractivity contribution in [1.29, 1.82) is 0 Å². The lowest BCUT2D eigenvalue weighted by atomic mass is 9.80. The minimum absolute atomic E-state index is 0.0648. The first-order valence-corrected chi connectivity index (χ1v) is 8.32. The van der Waals surface area contributed by atoms with Gasteiger partial charge in [-0.25, -0.2) is 0 Å². The molecule has 1 saturated heterocycles. The summed E-state index contributed by atoms with van der Waals surface area (Å²) in [6.45, 7) is 0.793. The second-order valence-electron chi connectivity index (χ2n) is 6.95. The minimum Gasteiger partial charge on any atom is -0.487 e. The molecule has 3 heteroatoms. The molecule has 1 aromatic rings. The maximum Gasteiger partial charge on any atom is 0.129 e. The lowest BCUT2D eigenvalue weighted by molar-refractivity contribution is -0.124. The van der Waals surface area contributed by atoms with Crippen LogP contribution in [0, 0.1) is 5.92 Å². The van der Waals surface area contributed by atoms with Crippen LogP contribution in [0.1, 0.15) is 44.1 Å². The van der Waals surface area contributed by atoms with Crippen LogP contribution < -0.4 is 4.74 Å². The number of hydrogen-bond donors (Lipinski definition) is 1. The van der Waals surface area contributed by atoms with Gasteiger partial charge in [-0.2, -0.15) is 0 Å². The molecule has 4 rings (SSSR count). The van der Waals surface area contributed by atoms with Gasteiger partial charge >= 0.3 is 0 Å². The van der Waals surface area contributed by atoms with Gasteiger partial charge in [-0.15, -0.1) is 0 Å². The summed E-state index contributed by atoms with van der Waals surface area (Å²) in [5.74, 6) is 1.26. The molecule has 3 unspecified atom stereocenters. The Bertz CT molecular complexity index is 482. The van der Waals surface area contributed by atoms with Crippen molar-refractivity contribution in [2.24, 2.45) is 5.92 Å². The maximum absolute atomic E-state index is 10.8. The largest absolute Gasteiger partial charge is 0.487 e. The molecular formula is C18H24O3. The zero-order valence-electron chi connectivity index (χ0n) is 12.5. The number of hydrogen-bond acceptors (Lipinski definition) is 3. The van der Waals surface area contributed by atoms with Crippen molar-refractivity contribution in [3.8, 4) is 5.75 Å². The van der Waals surface area contributed by atoms with Crippen LogP contribution in [-0.2, 0) is 11.2 Å². The maximum atomic E-state index is 10.8. The van der Waals surface area contributed by atoms with Gasteiger partial charge < -0.3 is 14.6 Å². The quantitative estimate of drug-likeness (QED) is 0.909. The SMILES string of the molecule is OC(C1CCOC2(CCCC2)C1)C1Cc2ccccc2O1. The zero-order chi connectivity index (χ0) is 14.3. The van der Waals surface area contributed by atoms with Crippen molar-refractivity contribution in [2.75, 3.05) is 6.61 Å². The number of para-hydroxylation sites is 1. The molecule has 114 valence electrons. The molecule has 1 saturated carbocycles. The van der Waals surface area contributed by atoms with E-state index in [1.807, 2.05) is 18.2 Å². The average molecular weight is 288 g/mol. The van der Waals surface area contributed by atoms with Crippen LogP contribution in [0.5, 0.6) is 5.75 Å². The van der Waals surface area contributed by atoms with E-state index in [9.17, 15) is 5.11 Å². The second-order valence-corrected chi connectivity index (χ2v) is 6.95. The summed E-state index contributed by atoms with van der Waals surface area (Å²) in [4.78, 5) is 0. The van der Waals surface area contributed by atoms with E-state index < -0.39 is 0 Å². The van der Waals surface area contributed by atoms with Gasteiger partial charge in [-0.1, -0.05) is 31.0 Å². The average Bonchev–Trinajstić information content (AvgIpc) is 3.13. The van der Waals surface area contributed by atoms with Gasteiger partial charge in [-0.05, 0) is 43.2 Å². The molecule has 1 spiro atoms. The molecule has 0 bridgehead atoms. The summed E-state index contributed by atoms with van der Waals surface area (Å²) in [6, 6.07) is 8.14. The van der Waals surface area contributed by atoms with E-state index in [4.69, 9.17) is 9.47 Å². The number of aliphatic hydroxyl groups excluding tert-OH is 1. The predicted molar refractivity (Wildman–Crippen MR) is 80.4 cm³/mol. The van der Waals surface area contributed by atoms with Gasteiger partial charge in [0.2, 0.25) is 0 Å². The van der Waals surface area contributed by atoms with Crippen LogP contribution in [0.25, 0.3) is 0 Å². The second kappa shape index (κ2) is 5.29. The molecule has 1 aromatic carbocycles. The van der Waals surface area contributed by atoms with E-state index in [-0.39, 0.29) is 17.8 Å². The highest BCUT2D eigenvalue weighted by Crippen LogP contribution is 2.44. The predicted octanol–water partition coefficient (Wildman–Crippen LogP) is 3.09. The van der Waals surface area contributed by atoms with E-state index in [1.165, 1.54) is 31.2 Å². The third-order valence-electron chi connectivity index (χ3n) is 5.58. The summed E-state index contributed by atoms with van der Waals surface area (Å²) in [5, 5.41) is 10.8. The van der Waals surface area contributed by atoms with E-state index in [1.54, 1.807) is 0 Å². The minimum atomic E-state index is -0.376. The Morgan fingerprint density at radius 3 is 2.81 bits per heavy atom. The summed E-state index contributed by atoms with van der Waals surface area (Å²) in [5.41, 5.74) is 1.29. The highest BCUT2D eigenvalue weighted by Gasteiger charge is 2.44. The Hall–Kier alpha value is -1.06. The molecule has 3 nitrogen and oxygen atoms in total. The molecule has 2 heterocycles. The fourth-order valence-electron chi connectivity index (χ4n) is 4.43. The van der Waals surface area contributed by atoms with Gasteiger partial charge in [-0.3, -0.25) is 0 Å². The first-order valence-electron chi connectivity index (χ1n) is 8.32. The smallest absolute Gasteiger partial charge is 0.129 e. The standard InChI is InChI=1S/C18H24O3/c19-17(16-11-13-5-1-2-6-15(13)21-16)14-7-10-20-18(12-14)8-3-4-9-18/h1-2,5-6,14,16-17,19H,3-4,7-12H2. The molecular weight excluding hydrogens is 264 g/mol. The highest BCUT2D eigenvalue weighted by atomic mass is 16.5. The fraction of sp³-hybridized carbons (Fsp3) is 0.667. The van der Waals surface area contributed by atoms with Crippen molar-refractivity contribution in [2.45, 2.75) is 62.8 Å². The monoisotopic (exact) mass is 288 g/mol. The number of rotatable bonds is 2. The van der Waals surface area contributed by atoms with Crippen molar-refractivity contribution in [1.82, 2.24) is 0 Å². The molecule has 0 aromatic heterocycles. The first kappa shape index (κ1) is 13.6. The summed E-state index contributed by atoms with van der Waals surface area (Å²) in [7, 11) is 0. The topological polar surface area (TPSA) is 38.7 Å². The van der Waals surface area contributed by atoms with Crippen LogP contribution in [0.2, 0.25) is 0 Å². The molecule has 1 N–H and O–H groups in total. The van der Waals surface area contributed by atoms with E-state index in [0.717, 1.165) is 31.6 Å². The highest BCUT2D eigenvalue weighted by molar-refractivity contribution is 5.37. The van der Waals surface area contributed by atoms with Gasteiger partial charge in [0.05, 0.1) is 11.7 Å². The molecule has 1 aliphatic carbocycles. The van der Waals surface area contributed by atoms with Gasteiger partial charge in [0, 0.05) is 13.0 Å². The van der Waals surface area contributed by atoms with Crippen LogP contribution in [0.15, 0.2) is 24.3 Å². The molecule has 21 heavy (non-hydrogen) atoms. The number of aliphatic hydroxyl groups is 1. The molecule has 2 aliphatic heterocycles. The summed E-state index contributed by atoms with van der Waals surface area (Å²) < 4.78 is 12.1. The lowest BCUT2D eigenvalue weighted by Crippen LogP contribution is -2.45.